The van der Waals surface area contributed by atoms with Crippen LogP contribution < -0.4 is 0 Å². The Morgan fingerprint density at radius 1 is 0.273 bits per heavy atom. The molecule has 0 aromatic heterocycles. The zero-order valence-electron chi connectivity index (χ0n) is 10.2. The summed E-state index contributed by atoms with van der Waals surface area (Å²) in [5.41, 5.74) is 0. The Hall–Kier alpha value is 0.839. The predicted octanol–water partition coefficient (Wildman–Crippen LogP) is -13.2. The second-order valence-electron chi connectivity index (χ2n) is 1.39. The molecule has 22 heteroatoms. The first-order valence-corrected chi connectivity index (χ1v) is 3.10. The van der Waals surface area contributed by atoms with Gasteiger partial charge in [-0.3, -0.25) is 0 Å². The van der Waals surface area contributed by atoms with Crippen LogP contribution >= 0.6 is 0 Å². The van der Waals surface area contributed by atoms with Gasteiger partial charge in [-0.15, -0.1) is 0 Å². The van der Waals surface area contributed by atoms with Crippen LogP contribution in [0.25, 0.3) is 0 Å². The second-order valence-corrected chi connectivity index (χ2v) is 1.39. The first-order valence-electron chi connectivity index (χ1n) is 3.10. The molecule has 0 aromatic carbocycles. The maximum absolute atomic E-state index is 7.17. The van der Waals surface area contributed by atoms with Crippen LogP contribution in [0.15, 0.2) is 0 Å². The Labute approximate surface area is 154 Å². The molecule has 0 amide bonds. The van der Waals surface area contributed by atoms with Crippen molar-refractivity contribution in [1.29, 1.82) is 0 Å². The summed E-state index contributed by atoms with van der Waals surface area (Å²) < 4.78 is 0. The molecule has 0 rings (SSSR count). The van der Waals surface area contributed by atoms with E-state index >= 15 is 0 Å². The molecule has 0 bridgehead atoms. The monoisotopic (exact) mass is 380 g/mol. The van der Waals surface area contributed by atoms with Crippen molar-refractivity contribution >= 4 is 67.0 Å². The molecule has 0 fully saturated rings. The van der Waals surface area contributed by atoms with Crippen molar-refractivity contribution in [1.82, 2.24) is 0 Å². The van der Waals surface area contributed by atoms with Crippen molar-refractivity contribution in [2.45, 2.75) is 0 Å². The molecule has 0 aliphatic rings. The van der Waals surface area contributed by atoms with Crippen LogP contribution in [0.2, 0.25) is 0 Å². The Kier molecular flexibility index (Phi) is 173. The third-order valence-electron chi connectivity index (χ3n) is 0. The fourth-order valence-electron chi connectivity index (χ4n) is 0. The van der Waals surface area contributed by atoms with Crippen molar-refractivity contribution in [2.24, 2.45) is 0 Å². The summed E-state index contributed by atoms with van der Waals surface area (Å²) in [5, 5.41) is 86.0. The van der Waals surface area contributed by atoms with Crippen LogP contribution in [0.1, 0.15) is 0 Å². The van der Waals surface area contributed by atoms with Crippen LogP contribution in [0, 0.1) is 0 Å². The first kappa shape index (κ1) is 66.1. The average molecular weight is 380 g/mol. The molecule has 0 aromatic rings. The van der Waals surface area contributed by atoms with Gasteiger partial charge in [0.05, 0.1) is 0 Å². The molecule has 0 atom stereocenters. The number of rotatable bonds is 0. The van der Waals surface area contributed by atoms with E-state index in [1.165, 1.54) is 0 Å². The fraction of sp³-hybridized carbons (Fsp3) is 0. The van der Waals surface area contributed by atoms with Gasteiger partial charge in [0.15, 0.2) is 0 Å². The molecule has 0 unspecified atom stereocenters. The molecule has 0 saturated heterocycles. The summed E-state index contributed by atoms with van der Waals surface area (Å²) >= 11 is 0. The van der Waals surface area contributed by atoms with E-state index in [2.05, 4.69) is 0 Å². The fourth-order valence-corrected chi connectivity index (χ4v) is 0. The van der Waals surface area contributed by atoms with Crippen LogP contribution in [0.3, 0.4) is 0 Å². The van der Waals surface area contributed by atoms with Crippen molar-refractivity contribution in [2.75, 3.05) is 0 Å². The third-order valence-corrected chi connectivity index (χ3v) is 0. The average Bonchev–Trinajstić information content (AvgIpc) is 1.76. The first-order chi connectivity index (χ1) is 6.93. The standard InChI is InChI=1S/4BH3O3.Ca.5H2O.2H/c4*2-1(3)4;;;;;;;;/h4*2-4H;;5*1H2;;. The van der Waals surface area contributed by atoms with E-state index in [4.69, 9.17) is 60.3 Å². The van der Waals surface area contributed by atoms with Gasteiger partial charge in [-0.1, -0.05) is 0 Å². The Balaban J connectivity index is -0.00000001000. The molecule has 17 nitrogen and oxygen atoms in total. The molecule has 0 heterocycles. The van der Waals surface area contributed by atoms with E-state index in [1.807, 2.05) is 0 Å². The van der Waals surface area contributed by atoms with E-state index in [1.54, 1.807) is 0 Å². The number of hydrogen-bond acceptors (Lipinski definition) is 12. The normalized spacial score (nSPS) is 4.91. The quantitative estimate of drug-likeness (QED) is 0.174. The zero-order chi connectivity index (χ0) is 14.3. The molecule has 140 valence electrons. The van der Waals surface area contributed by atoms with Gasteiger partial charge in [-0.05, 0) is 0 Å². The van der Waals surface area contributed by atoms with E-state index in [0.717, 1.165) is 0 Å². The van der Waals surface area contributed by atoms with Crippen molar-refractivity contribution in [3.8, 4) is 0 Å². The van der Waals surface area contributed by atoms with Gasteiger partial charge >= 0.3 is 67.0 Å². The van der Waals surface area contributed by atoms with Crippen LogP contribution in [-0.2, 0) is 0 Å². The molecule has 0 saturated carbocycles. The van der Waals surface area contributed by atoms with Crippen molar-refractivity contribution < 1.29 is 87.7 Å². The molecular weight excluding hydrogens is 355 g/mol. The summed E-state index contributed by atoms with van der Waals surface area (Å²) in [6.07, 6.45) is 0. The van der Waals surface area contributed by atoms with Gasteiger partial charge in [0.2, 0.25) is 0 Å². The van der Waals surface area contributed by atoms with Gasteiger partial charge in [0, 0.05) is 0 Å². The molecule has 22 heavy (non-hydrogen) atoms. The van der Waals surface area contributed by atoms with E-state index in [9.17, 15) is 0 Å². The van der Waals surface area contributed by atoms with Gasteiger partial charge in [-0.25, -0.2) is 0 Å². The van der Waals surface area contributed by atoms with Gasteiger partial charge in [-0.2, -0.15) is 0 Å². The minimum absolute atomic E-state index is 0. The summed E-state index contributed by atoms with van der Waals surface area (Å²) in [7, 11) is -8.67. The molecule has 22 N–H and O–H groups in total. The molecular formula is H24B4CaO17. The minimum atomic E-state index is -2.17. The van der Waals surface area contributed by atoms with Gasteiger partial charge in [0.1, 0.15) is 0 Å². The molecule has 0 aliphatic heterocycles. The summed E-state index contributed by atoms with van der Waals surface area (Å²) in [5.74, 6) is 0. The Bertz CT molecular complexity index is 63.6. The summed E-state index contributed by atoms with van der Waals surface area (Å²) in [4.78, 5) is 0. The second kappa shape index (κ2) is 57.5. The van der Waals surface area contributed by atoms with E-state index in [-0.39, 0.29) is 65.1 Å². The molecule has 0 radical (unpaired) electrons. The molecule has 0 spiro atoms. The van der Waals surface area contributed by atoms with E-state index in [0.29, 0.717) is 0 Å². The molecule has 0 aliphatic carbocycles. The Morgan fingerprint density at radius 2 is 0.273 bits per heavy atom. The van der Waals surface area contributed by atoms with Crippen LogP contribution in [0.4, 0.5) is 0 Å². The summed E-state index contributed by atoms with van der Waals surface area (Å²) in [6, 6.07) is 0. The topological polar surface area (TPSA) is 400 Å². The predicted molar refractivity (Wildman–Crippen MR) is 76.3 cm³/mol. The maximum atomic E-state index is 7.17. The SMILES string of the molecule is O.O.O.O.O.OB(O)O.OB(O)O.OB(O)O.OB(O)O.[CaH2]. The zero-order valence-corrected chi connectivity index (χ0v) is 10.2. The van der Waals surface area contributed by atoms with Crippen LogP contribution in [0.5, 0.6) is 0 Å². The Morgan fingerprint density at radius 3 is 0.273 bits per heavy atom. The van der Waals surface area contributed by atoms with Crippen molar-refractivity contribution in [3.63, 3.8) is 0 Å². The third kappa shape index (κ3) is 11600. The van der Waals surface area contributed by atoms with E-state index < -0.39 is 29.3 Å². The summed E-state index contributed by atoms with van der Waals surface area (Å²) in [6.45, 7) is 0. The van der Waals surface area contributed by atoms with Crippen molar-refractivity contribution in [3.05, 3.63) is 0 Å². The van der Waals surface area contributed by atoms with Gasteiger partial charge < -0.3 is 87.7 Å². The number of hydrogen-bond donors (Lipinski definition) is 12. The van der Waals surface area contributed by atoms with Crippen LogP contribution in [-0.4, -0.2) is 155 Å². The van der Waals surface area contributed by atoms with Gasteiger partial charge in [0.25, 0.3) is 0 Å².